The topological polar surface area (TPSA) is 92.6 Å². The van der Waals surface area contributed by atoms with Gasteiger partial charge >= 0.3 is 0 Å². The van der Waals surface area contributed by atoms with Crippen molar-refractivity contribution in [3.05, 3.63) is 33.3 Å². The number of sulfone groups is 1. The summed E-state index contributed by atoms with van der Waals surface area (Å²) in [5.41, 5.74) is 0.436. The van der Waals surface area contributed by atoms with E-state index in [-0.39, 0.29) is 17.5 Å². The highest BCUT2D eigenvalue weighted by Crippen LogP contribution is 2.29. The van der Waals surface area contributed by atoms with Crippen molar-refractivity contribution >= 4 is 32.8 Å². The highest BCUT2D eigenvalue weighted by molar-refractivity contribution is 7.90. The standard InChI is InChI=1S/C14H20ClN3O4S/c1-23(21,22)9-8-17-6-4-12(5-7-17)16-13-3-2-11(15)10-14(13)18(19)20/h2-3,10,12,16H,4-9H2,1H3. The maximum Gasteiger partial charge on any atom is 0.293 e. The fourth-order valence-corrected chi connectivity index (χ4v) is 3.35. The Labute approximate surface area is 140 Å². The van der Waals surface area contributed by atoms with Crippen LogP contribution in [0.15, 0.2) is 18.2 Å². The molecule has 0 radical (unpaired) electrons. The fraction of sp³-hybridized carbons (Fsp3) is 0.571. The molecule has 1 aliphatic rings. The summed E-state index contributed by atoms with van der Waals surface area (Å²) in [6.07, 6.45) is 2.86. The van der Waals surface area contributed by atoms with Crippen molar-refractivity contribution in [1.29, 1.82) is 0 Å². The summed E-state index contributed by atoms with van der Waals surface area (Å²) in [5.74, 6) is 0.160. The molecule has 1 aliphatic heterocycles. The van der Waals surface area contributed by atoms with Crippen molar-refractivity contribution < 1.29 is 13.3 Å². The summed E-state index contributed by atoms with van der Waals surface area (Å²) in [6, 6.07) is 4.71. The van der Waals surface area contributed by atoms with Crippen LogP contribution < -0.4 is 5.32 Å². The zero-order valence-electron chi connectivity index (χ0n) is 12.9. The van der Waals surface area contributed by atoms with Crippen LogP contribution in [0.25, 0.3) is 0 Å². The van der Waals surface area contributed by atoms with Crippen LogP contribution in [-0.4, -0.2) is 55.9 Å². The van der Waals surface area contributed by atoms with Gasteiger partial charge in [0.25, 0.3) is 5.69 Å². The zero-order valence-corrected chi connectivity index (χ0v) is 14.4. The molecule has 0 amide bonds. The Morgan fingerprint density at radius 2 is 2.04 bits per heavy atom. The van der Waals surface area contributed by atoms with Gasteiger partial charge in [-0.25, -0.2) is 8.42 Å². The Bertz CT molecular complexity index is 673. The lowest BCUT2D eigenvalue weighted by Crippen LogP contribution is -2.41. The predicted molar refractivity (Wildman–Crippen MR) is 90.9 cm³/mol. The van der Waals surface area contributed by atoms with E-state index in [0.717, 1.165) is 25.9 Å². The number of rotatable bonds is 6. The van der Waals surface area contributed by atoms with Crippen LogP contribution in [0.4, 0.5) is 11.4 Å². The van der Waals surface area contributed by atoms with Crippen LogP contribution in [0.2, 0.25) is 5.02 Å². The summed E-state index contributed by atoms with van der Waals surface area (Å²) in [5, 5.41) is 14.6. The van der Waals surface area contributed by atoms with Gasteiger partial charge in [0.15, 0.2) is 0 Å². The van der Waals surface area contributed by atoms with E-state index < -0.39 is 14.8 Å². The Morgan fingerprint density at radius 3 is 2.61 bits per heavy atom. The minimum absolute atomic E-state index is 0.0306. The van der Waals surface area contributed by atoms with Crippen molar-refractivity contribution in [2.24, 2.45) is 0 Å². The summed E-state index contributed by atoms with van der Waals surface area (Å²) >= 11 is 5.81. The van der Waals surface area contributed by atoms with Gasteiger partial charge in [0.05, 0.1) is 10.7 Å². The van der Waals surface area contributed by atoms with E-state index in [2.05, 4.69) is 10.2 Å². The molecule has 0 unspecified atom stereocenters. The number of hydrogen-bond donors (Lipinski definition) is 1. The van der Waals surface area contributed by atoms with E-state index in [9.17, 15) is 18.5 Å². The maximum absolute atomic E-state index is 11.2. The van der Waals surface area contributed by atoms with Crippen LogP contribution >= 0.6 is 11.6 Å². The van der Waals surface area contributed by atoms with Crippen molar-refractivity contribution in [3.8, 4) is 0 Å². The molecule has 0 bridgehead atoms. The Balaban J connectivity index is 1.91. The first-order valence-corrected chi connectivity index (χ1v) is 9.79. The summed E-state index contributed by atoms with van der Waals surface area (Å²) in [7, 11) is -2.95. The van der Waals surface area contributed by atoms with Gasteiger partial charge in [-0.3, -0.25) is 10.1 Å². The molecule has 1 aromatic carbocycles. The minimum Gasteiger partial charge on any atom is -0.377 e. The van der Waals surface area contributed by atoms with Gasteiger partial charge in [-0.05, 0) is 25.0 Å². The second kappa shape index (κ2) is 7.46. The number of nitrogens with zero attached hydrogens (tertiary/aromatic N) is 2. The lowest BCUT2D eigenvalue weighted by atomic mass is 10.0. The summed E-state index contributed by atoms with van der Waals surface area (Å²) in [6.45, 7) is 2.08. The minimum atomic E-state index is -2.95. The molecule has 0 aromatic heterocycles. The van der Waals surface area contributed by atoms with E-state index in [1.54, 1.807) is 12.1 Å². The van der Waals surface area contributed by atoms with E-state index >= 15 is 0 Å². The van der Waals surface area contributed by atoms with E-state index in [1.165, 1.54) is 12.3 Å². The smallest absolute Gasteiger partial charge is 0.293 e. The Kier molecular flexibility index (Phi) is 5.83. The average molecular weight is 362 g/mol. The van der Waals surface area contributed by atoms with Crippen LogP contribution in [-0.2, 0) is 9.84 Å². The molecule has 128 valence electrons. The molecule has 0 saturated carbocycles. The lowest BCUT2D eigenvalue weighted by molar-refractivity contribution is -0.384. The molecule has 1 N–H and O–H groups in total. The number of likely N-dealkylation sites (tertiary alicyclic amines) is 1. The van der Waals surface area contributed by atoms with Crippen molar-refractivity contribution in [1.82, 2.24) is 4.90 Å². The van der Waals surface area contributed by atoms with Crippen molar-refractivity contribution in [3.63, 3.8) is 0 Å². The molecule has 1 saturated heterocycles. The number of nitro benzene ring substituents is 1. The SMILES string of the molecule is CS(=O)(=O)CCN1CCC(Nc2ccc(Cl)cc2[N+](=O)[O-])CC1. The molecule has 1 aromatic rings. The third kappa shape index (κ3) is 5.63. The average Bonchev–Trinajstić information content (AvgIpc) is 2.47. The van der Waals surface area contributed by atoms with Gasteiger partial charge in [-0.15, -0.1) is 0 Å². The van der Waals surface area contributed by atoms with Gasteiger partial charge < -0.3 is 10.2 Å². The molecule has 7 nitrogen and oxygen atoms in total. The molecule has 0 atom stereocenters. The molecule has 1 fully saturated rings. The first-order chi connectivity index (χ1) is 10.7. The summed E-state index contributed by atoms with van der Waals surface area (Å²) < 4.78 is 22.4. The number of nitrogens with one attached hydrogen (secondary N) is 1. The Hall–Kier alpha value is -1.38. The molecule has 9 heteroatoms. The van der Waals surface area contributed by atoms with Crippen LogP contribution in [0.3, 0.4) is 0 Å². The van der Waals surface area contributed by atoms with Gasteiger partial charge in [-0.1, -0.05) is 11.6 Å². The van der Waals surface area contributed by atoms with Crippen LogP contribution in [0.1, 0.15) is 12.8 Å². The monoisotopic (exact) mass is 361 g/mol. The zero-order chi connectivity index (χ0) is 17.0. The van der Waals surface area contributed by atoms with E-state index in [4.69, 9.17) is 11.6 Å². The molecule has 23 heavy (non-hydrogen) atoms. The highest BCUT2D eigenvalue weighted by Gasteiger charge is 2.22. The first-order valence-electron chi connectivity index (χ1n) is 7.35. The van der Waals surface area contributed by atoms with Crippen LogP contribution in [0, 0.1) is 10.1 Å². The van der Waals surface area contributed by atoms with Crippen LogP contribution in [0.5, 0.6) is 0 Å². The third-order valence-electron chi connectivity index (χ3n) is 3.88. The quantitative estimate of drug-likeness (QED) is 0.616. The second-order valence-corrected chi connectivity index (χ2v) is 8.50. The Morgan fingerprint density at radius 1 is 1.39 bits per heavy atom. The normalized spacial score (nSPS) is 17.1. The largest absolute Gasteiger partial charge is 0.377 e. The number of halogens is 1. The number of nitro groups is 1. The predicted octanol–water partition coefficient (Wildman–Crippen LogP) is 2.17. The van der Waals surface area contributed by atoms with E-state index in [0.29, 0.717) is 17.3 Å². The van der Waals surface area contributed by atoms with Crippen molar-refractivity contribution in [2.75, 3.05) is 37.0 Å². The molecule has 1 heterocycles. The second-order valence-electron chi connectivity index (χ2n) is 5.81. The maximum atomic E-state index is 11.2. The van der Waals surface area contributed by atoms with Gasteiger partial charge in [-0.2, -0.15) is 0 Å². The third-order valence-corrected chi connectivity index (χ3v) is 5.04. The molecular formula is C14H20ClN3O4S. The molecule has 2 rings (SSSR count). The van der Waals surface area contributed by atoms with Gasteiger partial charge in [0, 0.05) is 43.0 Å². The molecular weight excluding hydrogens is 342 g/mol. The number of hydrogen-bond acceptors (Lipinski definition) is 6. The molecule has 0 aliphatic carbocycles. The summed E-state index contributed by atoms with van der Waals surface area (Å²) in [4.78, 5) is 12.7. The number of piperidine rings is 1. The molecule has 0 spiro atoms. The first kappa shape index (κ1) is 18.0. The highest BCUT2D eigenvalue weighted by atomic mass is 35.5. The number of anilines is 1. The van der Waals surface area contributed by atoms with Crippen molar-refractivity contribution in [2.45, 2.75) is 18.9 Å². The fourth-order valence-electron chi connectivity index (χ4n) is 2.59. The van der Waals surface area contributed by atoms with Gasteiger partial charge in [0.1, 0.15) is 15.5 Å². The van der Waals surface area contributed by atoms with E-state index in [1.807, 2.05) is 0 Å². The van der Waals surface area contributed by atoms with Gasteiger partial charge in [0.2, 0.25) is 0 Å². The lowest BCUT2D eigenvalue weighted by Gasteiger charge is -2.32. The number of benzene rings is 1.